The summed E-state index contributed by atoms with van der Waals surface area (Å²) in [5.41, 5.74) is 2.04. The van der Waals surface area contributed by atoms with Gasteiger partial charge >= 0.3 is 5.97 Å². The van der Waals surface area contributed by atoms with E-state index >= 15 is 0 Å². The molecule has 0 unspecified atom stereocenters. The van der Waals surface area contributed by atoms with E-state index in [1.165, 1.54) is 11.6 Å². The van der Waals surface area contributed by atoms with Crippen LogP contribution in [0.3, 0.4) is 0 Å². The number of amides is 1. The highest BCUT2D eigenvalue weighted by molar-refractivity contribution is 8.14. The normalized spacial score (nSPS) is 29.8. The molecular weight excluding hydrogens is 378 g/mol. The second-order valence-corrected chi connectivity index (χ2v) is 8.62. The van der Waals surface area contributed by atoms with Gasteiger partial charge in [0.05, 0.1) is 12.1 Å². The minimum atomic E-state index is -1.55. The van der Waals surface area contributed by atoms with Crippen LogP contribution in [0.15, 0.2) is 42.0 Å². The third-order valence-corrected chi connectivity index (χ3v) is 5.80. The first-order valence-electron chi connectivity index (χ1n) is 9.57. The number of benzene rings is 1. The first-order valence-corrected chi connectivity index (χ1v) is 10.6. The monoisotopic (exact) mass is 405 g/mol. The Hall–Kier alpha value is -1.83. The first-order chi connectivity index (χ1) is 13.3. The summed E-state index contributed by atoms with van der Waals surface area (Å²) in [4.78, 5) is 23.7. The number of ether oxygens (including phenoxy) is 2. The van der Waals surface area contributed by atoms with Crippen molar-refractivity contribution in [3.05, 3.63) is 47.5 Å². The van der Waals surface area contributed by atoms with Crippen molar-refractivity contribution in [1.82, 2.24) is 5.32 Å². The maximum absolute atomic E-state index is 12.1. The average Bonchev–Trinajstić information content (AvgIpc) is 3.07. The summed E-state index contributed by atoms with van der Waals surface area (Å²) >= 11 is 1.13. The van der Waals surface area contributed by atoms with Crippen LogP contribution in [0.1, 0.15) is 38.7 Å². The molecule has 152 valence electrons. The molecule has 2 heterocycles. The van der Waals surface area contributed by atoms with Crippen LogP contribution in [0.4, 0.5) is 4.79 Å². The van der Waals surface area contributed by atoms with Crippen molar-refractivity contribution in [2.45, 2.75) is 63.6 Å². The van der Waals surface area contributed by atoms with Crippen LogP contribution in [0.2, 0.25) is 0 Å². The molecule has 1 aromatic rings. The zero-order valence-electron chi connectivity index (χ0n) is 16.2. The quantitative estimate of drug-likeness (QED) is 0.559. The molecule has 0 radical (unpaired) electrons. The van der Waals surface area contributed by atoms with Crippen LogP contribution in [-0.2, 0) is 20.7 Å². The number of aryl methyl sites for hydroxylation is 1. The molecule has 1 aromatic carbocycles. The second kappa shape index (κ2) is 9.11. The number of carbonyl (C=O) groups is 2. The maximum Gasteiger partial charge on any atom is 0.330 e. The van der Waals surface area contributed by atoms with Crippen molar-refractivity contribution < 1.29 is 24.2 Å². The lowest BCUT2D eigenvalue weighted by molar-refractivity contribution is -0.283. The van der Waals surface area contributed by atoms with Gasteiger partial charge in [0, 0.05) is 24.7 Å². The SMILES string of the molecule is CC(C)=CC(=O)O[C@@H]1C[C@H](CCc2ccccc2)O[C@@](O)([C@@H]2CSC(=O)N2)C1. The Morgan fingerprint density at radius 3 is 2.79 bits per heavy atom. The number of rotatable bonds is 6. The van der Waals surface area contributed by atoms with Gasteiger partial charge in [0.25, 0.3) is 5.24 Å². The standard InChI is InChI=1S/C21H27NO5S/c1-14(2)10-19(23)26-17-11-16(9-8-15-6-4-3-5-7-15)27-21(25,12-17)18-13-28-20(24)22-18/h3-7,10,16-18,25H,8-9,11-13H2,1-2H3,(H,22,24)/t16-,17+,18-,21+/m0/s1. The van der Waals surface area contributed by atoms with E-state index in [0.717, 1.165) is 23.8 Å². The Kier molecular flexibility index (Phi) is 6.80. The highest BCUT2D eigenvalue weighted by atomic mass is 32.2. The van der Waals surface area contributed by atoms with Crippen molar-refractivity contribution in [2.24, 2.45) is 0 Å². The van der Waals surface area contributed by atoms with Crippen molar-refractivity contribution in [3.63, 3.8) is 0 Å². The van der Waals surface area contributed by atoms with E-state index in [-0.39, 0.29) is 17.8 Å². The van der Waals surface area contributed by atoms with Gasteiger partial charge in [0.15, 0.2) is 5.79 Å². The Morgan fingerprint density at radius 1 is 1.39 bits per heavy atom. The van der Waals surface area contributed by atoms with E-state index in [9.17, 15) is 14.7 Å². The van der Waals surface area contributed by atoms with Gasteiger partial charge in [0.2, 0.25) is 0 Å². The van der Waals surface area contributed by atoms with E-state index in [1.54, 1.807) is 0 Å². The summed E-state index contributed by atoms with van der Waals surface area (Å²) in [6.07, 6.45) is 2.85. The number of allylic oxidation sites excluding steroid dienone is 1. The number of aliphatic hydroxyl groups is 1. The molecule has 3 rings (SSSR count). The predicted octanol–water partition coefficient (Wildman–Crippen LogP) is 3.19. The van der Waals surface area contributed by atoms with E-state index in [2.05, 4.69) is 17.4 Å². The predicted molar refractivity (Wildman–Crippen MR) is 108 cm³/mol. The molecule has 2 aliphatic rings. The number of thioether (sulfide) groups is 1. The molecule has 2 aliphatic heterocycles. The topological polar surface area (TPSA) is 84.9 Å². The third-order valence-electron chi connectivity index (χ3n) is 4.92. The number of esters is 1. The molecule has 28 heavy (non-hydrogen) atoms. The van der Waals surface area contributed by atoms with Gasteiger partial charge in [-0.3, -0.25) is 4.79 Å². The maximum atomic E-state index is 12.1. The fourth-order valence-corrected chi connectivity index (χ4v) is 4.50. The summed E-state index contributed by atoms with van der Waals surface area (Å²) < 4.78 is 11.6. The fourth-order valence-electron chi connectivity index (χ4n) is 3.61. The molecule has 4 atom stereocenters. The average molecular weight is 406 g/mol. The second-order valence-electron chi connectivity index (χ2n) is 7.62. The van der Waals surface area contributed by atoms with E-state index in [1.807, 2.05) is 32.0 Å². The highest BCUT2D eigenvalue weighted by Gasteiger charge is 2.49. The van der Waals surface area contributed by atoms with Gasteiger partial charge in [-0.15, -0.1) is 0 Å². The number of hydrogen-bond acceptors (Lipinski definition) is 6. The van der Waals surface area contributed by atoms with Crippen molar-refractivity contribution in [2.75, 3.05) is 5.75 Å². The Labute approximate surface area is 169 Å². The molecular formula is C21H27NO5S. The lowest BCUT2D eigenvalue weighted by Crippen LogP contribution is -2.58. The van der Waals surface area contributed by atoms with Gasteiger partial charge in [0.1, 0.15) is 6.10 Å². The van der Waals surface area contributed by atoms with Gasteiger partial charge in [-0.25, -0.2) is 4.79 Å². The summed E-state index contributed by atoms with van der Waals surface area (Å²) in [5.74, 6) is -1.54. The van der Waals surface area contributed by atoms with E-state index in [0.29, 0.717) is 18.6 Å². The lowest BCUT2D eigenvalue weighted by atomic mass is 9.91. The summed E-state index contributed by atoms with van der Waals surface area (Å²) in [5, 5.41) is 13.8. The molecule has 0 spiro atoms. The molecule has 0 bridgehead atoms. The molecule has 6 nitrogen and oxygen atoms in total. The minimum absolute atomic E-state index is 0.142. The highest BCUT2D eigenvalue weighted by Crippen LogP contribution is 2.36. The van der Waals surface area contributed by atoms with Crippen LogP contribution >= 0.6 is 11.8 Å². The van der Waals surface area contributed by atoms with Crippen LogP contribution < -0.4 is 5.32 Å². The van der Waals surface area contributed by atoms with Crippen molar-refractivity contribution >= 4 is 23.0 Å². The van der Waals surface area contributed by atoms with Gasteiger partial charge in [-0.2, -0.15) is 0 Å². The molecule has 0 aromatic heterocycles. The zero-order valence-corrected chi connectivity index (χ0v) is 17.0. The molecule has 0 aliphatic carbocycles. The summed E-state index contributed by atoms with van der Waals surface area (Å²) in [6.45, 7) is 3.66. The first kappa shape index (κ1) is 20.9. The molecule has 2 saturated heterocycles. The van der Waals surface area contributed by atoms with Gasteiger partial charge < -0.3 is 19.9 Å². The number of hydrogen-bond donors (Lipinski definition) is 2. The molecule has 2 fully saturated rings. The molecule has 1 amide bonds. The van der Waals surface area contributed by atoms with Crippen LogP contribution in [0.5, 0.6) is 0 Å². The number of carbonyl (C=O) groups excluding carboxylic acids is 2. The Bertz CT molecular complexity index is 734. The van der Waals surface area contributed by atoms with Crippen molar-refractivity contribution in [3.8, 4) is 0 Å². The Morgan fingerprint density at radius 2 is 2.14 bits per heavy atom. The third kappa shape index (κ3) is 5.59. The van der Waals surface area contributed by atoms with Crippen LogP contribution in [-0.4, -0.2) is 46.1 Å². The lowest BCUT2D eigenvalue weighted by Gasteiger charge is -2.43. The molecule has 0 saturated carbocycles. The zero-order chi connectivity index (χ0) is 20.1. The minimum Gasteiger partial charge on any atom is -0.459 e. The number of nitrogens with one attached hydrogen (secondary N) is 1. The van der Waals surface area contributed by atoms with Gasteiger partial charge in [-0.05, 0) is 32.3 Å². The van der Waals surface area contributed by atoms with Crippen LogP contribution in [0.25, 0.3) is 0 Å². The smallest absolute Gasteiger partial charge is 0.330 e. The fraction of sp³-hybridized carbons (Fsp3) is 0.524. The Balaban J connectivity index is 1.70. The van der Waals surface area contributed by atoms with Crippen molar-refractivity contribution in [1.29, 1.82) is 0 Å². The van der Waals surface area contributed by atoms with E-state index < -0.39 is 23.9 Å². The molecule has 7 heteroatoms. The molecule has 2 N–H and O–H groups in total. The van der Waals surface area contributed by atoms with Gasteiger partial charge in [-0.1, -0.05) is 47.7 Å². The van der Waals surface area contributed by atoms with E-state index in [4.69, 9.17) is 9.47 Å². The summed E-state index contributed by atoms with van der Waals surface area (Å²) in [6, 6.07) is 9.53. The van der Waals surface area contributed by atoms with Crippen LogP contribution in [0, 0.1) is 0 Å². The summed E-state index contributed by atoms with van der Waals surface area (Å²) in [7, 11) is 0. The largest absolute Gasteiger partial charge is 0.459 e.